The van der Waals surface area contributed by atoms with Crippen molar-refractivity contribution in [3.8, 4) is 5.75 Å². The third-order valence-corrected chi connectivity index (χ3v) is 4.63. The molecular weight excluding hydrogens is 274 g/mol. The van der Waals surface area contributed by atoms with Crippen molar-refractivity contribution in [2.75, 3.05) is 13.0 Å². The van der Waals surface area contributed by atoms with E-state index in [0.29, 0.717) is 11.4 Å². The Morgan fingerprint density at radius 2 is 2.05 bits per heavy atom. The highest BCUT2D eigenvalue weighted by atomic mass is 35.5. The zero-order valence-electron chi connectivity index (χ0n) is 12.2. The van der Waals surface area contributed by atoms with Crippen LogP contribution in [-0.4, -0.2) is 24.4 Å². The molecule has 0 radical (unpaired) electrons. The number of carbonyl (C=O) groups is 1. The molecule has 1 amide bonds. The van der Waals surface area contributed by atoms with Gasteiger partial charge in [-0.05, 0) is 37.5 Å². The molecule has 1 aliphatic carbocycles. The van der Waals surface area contributed by atoms with E-state index in [4.69, 9.17) is 16.3 Å². The Balaban J connectivity index is 2.14. The average molecular weight is 296 g/mol. The molecule has 1 fully saturated rings. The van der Waals surface area contributed by atoms with E-state index >= 15 is 0 Å². The van der Waals surface area contributed by atoms with E-state index in [2.05, 4.69) is 5.32 Å². The summed E-state index contributed by atoms with van der Waals surface area (Å²) >= 11 is 6.11. The van der Waals surface area contributed by atoms with Crippen LogP contribution < -0.4 is 10.1 Å². The van der Waals surface area contributed by atoms with Gasteiger partial charge in [-0.15, -0.1) is 11.6 Å². The first-order valence-electron chi connectivity index (χ1n) is 7.13. The van der Waals surface area contributed by atoms with E-state index in [-0.39, 0.29) is 11.4 Å². The second kappa shape index (κ2) is 6.49. The summed E-state index contributed by atoms with van der Waals surface area (Å²) in [5.41, 5.74) is 1.41. The van der Waals surface area contributed by atoms with Gasteiger partial charge in [-0.25, -0.2) is 0 Å². The van der Waals surface area contributed by atoms with Crippen LogP contribution in [0.3, 0.4) is 0 Å². The maximum Gasteiger partial charge on any atom is 0.251 e. The molecule has 1 aromatic carbocycles. The van der Waals surface area contributed by atoms with Gasteiger partial charge in [-0.1, -0.05) is 25.3 Å². The lowest BCUT2D eigenvalue weighted by molar-refractivity contribution is 0.0884. The number of halogens is 1. The Kier molecular flexibility index (Phi) is 4.92. The average Bonchev–Trinajstić information content (AvgIpc) is 2.48. The fraction of sp³-hybridized carbons (Fsp3) is 0.562. The number of methoxy groups -OCH3 is 1. The van der Waals surface area contributed by atoms with Crippen molar-refractivity contribution in [2.24, 2.45) is 0 Å². The molecule has 4 heteroatoms. The number of hydrogen-bond donors (Lipinski definition) is 1. The number of nitrogens with one attached hydrogen (secondary N) is 1. The first-order valence-corrected chi connectivity index (χ1v) is 7.67. The monoisotopic (exact) mass is 295 g/mol. The molecule has 0 saturated heterocycles. The second-order valence-electron chi connectivity index (χ2n) is 5.61. The Bertz CT molecular complexity index is 481. The molecule has 1 saturated carbocycles. The Morgan fingerprint density at radius 1 is 1.35 bits per heavy atom. The van der Waals surface area contributed by atoms with Gasteiger partial charge in [0, 0.05) is 11.4 Å². The molecule has 0 unspecified atom stereocenters. The van der Waals surface area contributed by atoms with Crippen molar-refractivity contribution >= 4 is 17.5 Å². The molecule has 20 heavy (non-hydrogen) atoms. The van der Waals surface area contributed by atoms with Crippen LogP contribution >= 0.6 is 11.6 Å². The van der Waals surface area contributed by atoms with Crippen molar-refractivity contribution in [1.82, 2.24) is 5.32 Å². The lowest BCUT2D eigenvalue weighted by atomic mass is 9.83. The summed E-state index contributed by atoms with van der Waals surface area (Å²) in [4.78, 5) is 12.4. The summed E-state index contributed by atoms with van der Waals surface area (Å²) < 4.78 is 5.27. The summed E-state index contributed by atoms with van der Waals surface area (Å²) in [5, 5.41) is 3.14. The van der Waals surface area contributed by atoms with Gasteiger partial charge >= 0.3 is 0 Å². The zero-order chi connectivity index (χ0) is 14.6. The van der Waals surface area contributed by atoms with Crippen LogP contribution in [0.5, 0.6) is 5.75 Å². The first kappa shape index (κ1) is 15.2. The van der Waals surface area contributed by atoms with Gasteiger partial charge in [0.2, 0.25) is 0 Å². The number of benzene rings is 1. The molecule has 1 aromatic rings. The van der Waals surface area contributed by atoms with Gasteiger partial charge in [0.05, 0.1) is 12.6 Å². The minimum absolute atomic E-state index is 0.0640. The van der Waals surface area contributed by atoms with Crippen LogP contribution in [0.25, 0.3) is 0 Å². The number of rotatable bonds is 4. The molecule has 110 valence electrons. The van der Waals surface area contributed by atoms with E-state index in [1.165, 1.54) is 6.42 Å². The summed E-state index contributed by atoms with van der Waals surface area (Å²) in [6.07, 6.45) is 5.41. The number of carbonyl (C=O) groups excluding carboxylic acids is 1. The molecular formula is C16H22ClNO2. The summed E-state index contributed by atoms with van der Waals surface area (Å²) in [6, 6.07) is 5.52. The number of alkyl halides is 1. The quantitative estimate of drug-likeness (QED) is 0.861. The maximum absolute atomic E-state index is 12.4. The van der Waals surface area contributed by atoms with Gasteiger partial charge in [0.15, 0.2) is 0 Å². The first-order chi connectivity index (χ1) is 9.60. The third kappa shape index (κ3) is 3.26. The molecule has 2 rings (SSSR count). The van der Waals surface area contributed by atoms with E-state index in [1.807, 2.05) is 19.1 Å². The molecule has 3 nitrogen and oxygen atoms in total. The predicted octanol–water partition coefficient (Wildman–Crippen LogP) is 3.68. The van der Waals surface area contributed by atoms with E-state index < -0.39 is 0 Å². The van der Waals surface area contributed by atoms with Crippen molar-refractivity contribution in [2.45, 2.75) is 44.6 Å². The highest BCUT2D eigenvalue weighted by Gasteiger charge is 2.33. The number of hydrogen-bond acceptors (Lipinski definition) is 2. The summed E-state index contributed by atoms with van der Waals surface area (Å²) in [5.74, 6) is 1.15. The minimum atomic E-state index is -0.241. The van der Waals surface area contributed by atoms with E-state index in [0.717, 1.165) is 37.0 Å². The van der Waals surface area contributed by atoms with Crippen LogP contribution in [0.1, 0.15) is 48.0 Å². The highest BCUT2D eigenvalue weighted by Crippen LogP contribution is 2.30. The van der Waals surface area contributed by atoms with E-state index in [1.54, 1.807) is 13.2 Å². The van der Waals surface area contributed by atoms with Gasteiger partial charge in [0.1, 0.15) is 5.75 Å². The van der Waals surface area contributed by atoms with Crippen LogP contribution in [0.4, 0.5) is 0 Å². The summed E-state index contributed by atoms with van der Waals surface area (Å²) in [6.45, 7) is 1.96. The third-order valence-electron chi connectivity index (χ3n) is 4.12. The summed E-state index contributed by atoms with van der Waals surface area (Å²) in [7, 11) is 1.62. The van der Waals surface area contributed by atoms with Crippen LogP contribution in [0.2, 0.25) is 0 Å². The highest BCUT2D eigenvalue weighted by molar-refractivity contribution is 6.19. The molecule has 0 aromatic heterocycles. The van der Waals surface area contributed by atoms with Crippen LogP contribution in [-0.2, 0) is 0 Å². The molecule has 0 bridgehead atoms. The van der Waals surface area contributed by atoms with Gasteiger partial charge in [-0.3, -0.25) is 4.79 Å². The standard InChI is InChI=1S/C16H22ClNO2/c1-12-6-7-13(10-14(12)20-2)15(19)18-16(11-17)8-4-3-5-9-16/h6-7,10H,3-5,8-9,11H2,1-2H3,(H,18,19). The predicted molar refractivity (Wildman–Crippen MR) is 81.7 cm³/mol. The van der Waals surface area contributed by atoms with Crippen molar-refractivity contribution in [3.05, 3.63) is 29.3 Å². The molecule has 0 aliphatic heterocycles. The van der Waals surface area contributed by atoms with Crippen molar-refractivity contribution in [1.29, 1.82) is 0 Å². The van der Waals surface area contributed by atoms with Crippen LogP contribution in [0.15, 0.2) is 18.2 Å². The zero-order valence-corrected chi connectivity index (χ0v) is 12.9. The molecule has 0 spiro atoms. The Morgan fingerprint density at radius 3 is 2.65 bits per heavy atom. The fourth-order valence-electron chi connectivity index (χ4n) is 2.79. The molecule has 1 aliphatic rings. The molecule has 1 N–H and O–H groups in total. The number of aryl methyl sites for hydroxylation is 1. The maximum atomic E-state index is 12.4. The van der Waals surface area contributed by atoms with Crippen LogP contribution in [0, 0.1) is 6.92 Å². The Labute approximate surface area is 125 Å². The number of ether oxygens (including phenoxy) is 1. The largest absolute Gasteiger partial charge is 0.496 e. The normalized spacial score (nSPS) is 17.6. The Hall–Kier alpha value is -1.22. The molecule has 0 atom stereocenters. The number of amides is 1. The topological polar surface area (TPSA) is 38.3 Å². The minimum Gasteiger partial charge on any atom is -0.496 e. The lowest BCUT2D eigenvalue weighted by Gasteiger charge is -2.36. The lowest BCUT2D eigenvalue weighted by Crippen LogP contribution is -2.51. The van der Waals surface area contributed by atoms with Crippen molar-refractivity contribution < 1.29 is 9.53 Å². The fourth-order valence-corrected chi connectivity index (χ4v) is 3.13. The van der Waals surface area contributed by atoms with Crippen molar-refractivity contribution in [3.63, 3.8) is 0 Å². The van der Waals surface area contributed by atoms with E-state index in [9.17, 15) is 4.79 Å². The van der Waals surface area contributed by atoms with Gasteiger partial charge in [-0.2, -0.15) is 0 Å². The molecule has 0 heterocycles. The second-order valence-corrected chi connectivity index (χ2v) is 5.88. The SMILES string of the molecule is COc1cc(C(=O)NC2(CCl)CCCCC2)ccc1C. The van der Waals surface area contributed by atoms with Gasteiger partial charge in [0.25, 0.3) is 5.91 Å². The smallest absolute Gasteiger partial charge is 0.251 e. The van der Waals surface area contributed by atoms with Gasteiger partial charge < -0.3 is 10.1 Å².